The molecule has 67 heavy (non-hydrogen) atoms. The zero-order chi connectivity index (χ0) is 48.8. The maximum atomic E-state index is 13.2. The topological polar surface area (TPSA) is 302 Å². The molecule has 20 nitrogen and oxygen atoms in total. The highest BCUT2D eigenvalue weighted by molar-refractivity contribution is 5.65. The summed E-state index contributed by atoms with van der Waals surface area (Å²) in [5, 5.41) is 111. The van der Waals surface area contributed by atoms with Crippen LogP contribution in [0.15, 0.2) is 0 Å². The number of hydrogen-bond acceptors (Lipinski definition) is 20. The van der Waals surface area contributed by atoms with Crippen LogP contribution in [0, 0.1) is 40.4 Å². The SMILES string of the molecule is COC1(CCC(C)COC(C)=O)OC2CC3(O)C4CCC5CC(OC6OC(CO)C(O)C(OC7OCC(O)C(O)C7O)C6OC6OC(C)C(O)C(O)C6O)CCC5(C)C4CCC3(C)C2(O)C1C. The minimum atomic E-state index is -1.77. The van der Waals surface area contributed by atoms with Crippen LogP contribution in [0.25, 0.3) is 0 Å². The van der Waals surface area contributed by atoms with Gasteiger partial charge in [-0.1, -0.05) is 27.7 Å². The molecule has 4 aliphatic carbocycles. The fraction of sp³-hybridized carbons (Fsp3) is 0.979. The number of ether oxygens (including phenoxy) is 9. The fourth-order valence-corrected chi connectivity index (χ4v) is 14.3. The zero-order valence-corrected chi connectivity index (χ0v) is 39.9. The number of hydrogen-bond donors (Lipinski definition) is 10. The molecule has 26 atom stereocenters. The van der Waals surface area contributed by atoms with Crippen molar-refractivity contribution in [2.75, 3.05) is 26.9 Å². The second-order valence-electron chi connectivity index (χ2n) is 22.0. The first-order valence-electron chi connectivity index (χ1n) is 24.6. The average Bonchev–Trinajstić information content (AvgIpc) is 3.62. The summed E-state index contributed by atoms with van der Waals surface area (Å²) in [6.45, 7) is 10.3. The molecule has 8 rings (SSSR count). The van der Waals surface area contributed by atoms with Gasteiger partial charge in [0.2, 0.25) is 0 Å². The fourth-order valence-electron chi connectivity index (χ4n) is 14.3. The van der Waals surface area contributed by atoms with Crippen LogP contribution >= 0.6 is 0 Å². The van der Waals surface area contributed by atoms with Gasteiger partial charge >= 0.3 is 5.97 Å². The van der Waals surface area contributed by atoms with Crippen LogP contribution < -0.4 is 0 Å². The summed E-state index contributed by atoms with van der Waals surface area (Å²) in [5.74, 6) is -1.69. The molecule has 0 bridgehead atoms. The first kappa shape index (κ1) is 52.1. The van der Waals surface area contributed by atoms with Crippen molar-refractivity contribution < 1.29 is 98.5 Å². The number of aliphatic hydroxyl groups excluding tert-OH is 8. The van der Waals surface area contributed by atoms with Crippen molar-refractivity contribution in [3.05, 3.63) is 0 Å². The van der Waals surface area contributed by atoms with Crippen LogP contribution in [-0.2, 0) is 47.4 Å². The molecule has 0 aromatic rings. The number of esters is 1. The minimum absolute atomic E-state index is 0.0473. The first-order valence-corrected chi connectivity index (χ1v) is 24.6. The van der Waals surface area contributed by atoms with Gasteiger partial charge in [-0.25, -0.2) is 0 Å². The number of aliphatic hydroxyl groups is 10. The van der Waals surface area contributed by atoms with E-state index < -0.39 is 140 Å². The van der Waals surface area contributed by atoms with Crippen molar-refractivity contribution in [2.45, 2.75) is 221 Å². The van der Waals surface area contributed by atoms with Gasteiger partial charge in [0, 0.05) is 38.2 Å². The second-order valence-corrected chi connectivity index (χ2v) is 22.0. The maximum Gasteiger partial charge on any atom is 0.302 e. The van der Waals surface area contributed by atoms with Crippen molar-refractivity contribution >= 4 is 5.97 Å². The standard InChI is InChI=1S/C47H78O20/c1-21(19-60-24(4)49)10-15-46(59-7)23(3)47(58)31(67-46)17-45(57)28-9-8-25-16-26(11-13-43(25,5)27(28)12-14-44(45,47)6)63-42-39(66-41-37(56)35(54)32(51)22(2)62-41)38(34(53)30(18-48)64-42)65-40-36(55)33(52)29(50)20-61-40/h21-23,25-42,48,50-58H,8-20H2,1-7H3. The Kier molecular flexibility index (Phi) is 15.0. The third-order valence-corrected chi connectivity index (χ3v) is 18.6. The lowest BCUT2D eigenvalue weighted by molar-refractivity contribution is -0.391. The number of carbonyl (C=O) groups is 1. The lowest BCUT2D eigenvalue weighted by atomic mass is 9.42. The van der Waals surface area contributed by atoms with Crippen molar-refractivity contribution in [1.29, 1.82) is 0 Å². The van der Waals surface area contributed by atoms with E-state index in [1.54, 1.807) is 7.11 Å². The van der Waals surface area contributed by atoms with Crippen LogP contribution in [0.4, 0.5) is 0 Å². The summed E-state index contributed by atoms with van der Waals surface area (Å²) in [6, 6.07) is 0. The van der Waals surface area contributed by atoms with E-state index in [4.69, 9.17) is 42.6 Å². The molecule has 26 unspecified atom stereocenters. The first-order chi connectivity index (χ1) is 31.5. The van der Waals surface area contributed by atoms with Crippen LogP contribution in [-0.4, -0.2) is 199 Å². The van der Waals surface area contributed by atoms with E-state index in [9.17, 15) is 55.9 Å². The Balaban J connectivity index is 0.988. The van der Waals surface area contributed by atoms with Crippen molar-refractivity contribution in [3.63, 3.8) is 0 Å². The van der Waals surface area contributed by atoms with Gasteiger partial charge < -0.3 is 93.7 Å². The highest BCUT2D eigenvalue weighted by Crippen LogP contribution is 2.74. The van der Waals surface area contributed by atoms with Crippen LogP contribution in [0.5, 0.6) is 0 Å². The largest absolute Gasteiger partial charge is 0.466 e. The smallest absolute Gasteiger partial charge is 0.302 e. The molecule has 0 spiro atoms. The molecule has 0 radical (unpaired) electrons. The zero-order valence-electron chi connectivity index (χ0n) is 39.9. The summed E-state index contributed by atoms with van der Waals surface area (Å²) in [7, 11) is 1.60. The molecule has 8 aliphatic rings. The minimum Gasteiger partial charge on any atom is -0.466 e. The third-order valence-electron chi connectivity index (χ3n) is 18.6. The maximum absolute atomic E-state index is 13.2. The van der Waals surface area contributed by atoms with Crippen molar-refractivity contribution in [1.82, 2.24) is 0 Å². The predicted octanol–water partition coefficient (Wildman–Crippen LogP) is -0.658. The van der Waals surface area contributed by atoms with Gasteiger partial charge in [-0.15, -0.1) is 0 Å². The Morgan fingerprint density at radius 1 is 0.791 bits per heavy atom. The number of carbonyl (C=O) groups excluding carboxylic acids is 1. The van der Waals surface area contributed by atoms with Gasteiger partial charge in [0.1, 0.15) is 66.6 Å². The van der Waals surface area contributed by atoms with Crippen molar-refractivity contribution in [2.24, 2.45) is 40.4 Å². The molecule has 4 heterocycles. The monoisotopic (exact) mass is 963 g/mol. The molecule has 4 saturated carbocycles. The highest BCUT2D eigenvalue weighted by atomic mass is 16.8. The molecule has 386 valence electrons. The van der Waals surface area contributed by atoms with Crippen molar-refractivity contribution in [3.8, 4) is 0 Å². The second kappa shape index (κ2) is 19.3. The predicted molar refractivity (Wildman–Crippen MR) is 229 cm³/mol. The van der Waals surface area contributed by atoms with Crippen LogP contribution in [0.3, 0.4) is 0 Å². The molecule has 20 heteroatoms. The summed E-state index contributed by atoms with van der Waals surface area (Å²) >= 11 is 0. The Bertz CT molecular complexity index is 1730. The molecule has 0 aromatic carbocycles. The summed E-state index contributed by atoms with van der Waals surface area (Å²) in [6.07, 6.45) is -16.3. The van der Waals surface area contributed by atoms with Crippen LogP contribution in [0.2, 0.25) is 0 Å². The molecular formula is C47H78O20. The molecule has 4 aliphatic heterocycles. The van der Waals surface area contributed by atoms with Gasteiger partial charge in [0.15, 0.2) is 24.7 Å². The number of fused-ring (bicyclic) bond motifs is 7. The quantitative estimate of drug-likeness (QED) is 0.0810. The van der Waals surface area contributed by atoms with E-state index in [-0.39, 0.29) is 48.1 Å². The number of methoxy groups -OCH3 is 1. The third kappa shape index (κ3) is 8.54. The van der Waals surface area contributed by atoms with Gasteiger partial charge in [-0.2, -0.15) is 0 Å². The van der Waals surface area contributed by atoms with E-state index in [1.807, 2.05) is 20.8 Å². The Labute approximate surface area is 392 Å². The lowest BCUT2D eigenvalue weighted by Gasteiger charge is -2.64. The lowest BCUT2D eigenvalue weighted by Crippen LogP contribution is -2.67. The molecule has 0 amide bonds. The van der Waals surface area contributed by atoms with E-state index in [2.05, 4.69) is 6.92 Å². The van der Waals surface area contributed by atoms with Gasteiger partial charge in [-0.3, -0.25) is 4.79 Å². The van der Waals surface area contributed by atoms with Gasteiger partial charge in [0.05, 0.1) is 43.7 Å². The Morgan fingerprint density at radius 3 is 2.18 bits per heavy atom. The summed E-state index contributed by atoms with van der Waals surface area (Å²) in [4.78, 5) is 11.4. The Morgan fingerprint density at radius 2 is 1.49 bits per heavy atom. The normalized spacial score (nSPS) is 54.6. The van der Waals surface area contributed by atoms with E-state index in [0.29, 0.717) is 44.9 Å². The van der Waals surface area contributed by atoms with E-state index in [1.165, 1.54) is 13.8 Å². The summed E-state index contributed by atoms with van der Waals surface area (Å²) < 4.78 is 54.7. The van der Waals surface area contributed by atoms with Crippen LogP contribution in [0.1, 0.15) is 106 Å². The van der Waals surface area contributed by atoms with E-state index >= 15 is 0 Å². The highest BCUT2D eigenvalue weighted by Gasteiger charge is 2.81. The molecule has 0 aromatic heterocycles. The number of rotatable bonds is 13. The average molecular weight is 963 g/mol. The molecular weight excluding hydrogens is 884 g/mol. The Hall–Kier alpha value is -1.25. The summed E-state index contributed by atoms with van der Waals surface area (Å²) in [5.41, 5.74) is -3.70. The molecule has 10 N–H and O–H groups in total. The molecule has 8 fully saturated rings. The van der Waals surface area contributed by atoms with Gasteiger partial charge in [0.25, 0.3) is 0 Å². The van der Waals surface area contributed by atoms with E-state index in [0.717, 1.165) is 12.8 Å². The van der Waals surface area contributed by atoms with Gasteiger partial charge in [-0.05, 0) is 87.4 Å². The molecule has 4 saturated heterocycles.